The van der Waals surface area contributed by atoms with E-state index in [2.05, 4.69) is 14.7 Å². The van der Waals surface area contributed by atoms with E-state index in [9.17, 15) is 4.79 Å². The van der Waals surface area contributed by atoms with E-state index in [1.54, 1.807) is 13.8 Å². The number of carbonyl (C=O) groups excluding carboxylic acids is 1. The van der Waals surface area contributed by atoms with E-state index in [1.807, 2.05) is 36.4 Å². The molecule has 0 aliphatic heterocycles. The third-order valence-electron chi connectivity index (χ3n) is 1.14. The van der Waals surface area contributed by atoms with Crippen molar-refractivity contribution < 1.29 is 14.4 Å². The van der Waals surface area contributed by atoms with Gasteiger partial charge in [-0.05, 0) is 13.8 Å². The summed E-state index contributed by atoms with van der Waals surface area (Å²) in [4.78, 5) is 14.3. The van der Waals surface area contributed by atoms with Crippen molar-refractivity contribution in [1.82, 2.24) is 0 Å². The van der Waals surface area contributed by atoms with Crippen LogP contribution in [0, 0.1) is 0 Å². The van der Waals surface area contributed by atoms with Crippen LogP contribution in [-0.2, 0) is 9.57 Å². The normalized spacial score (nSPS) is 7.93. The fourth-order valence-corrected chi connectivity index (χ4v) is 0.551. The number of oxime groups is 1. The van der Waals surface area contributed by atoms with Crippen molar-refractivity contribution in [2.45, 2.75) is 13.8 Å². The SMILES string of the molecule is COC(=O)ON=C(C)C.c1ccccc1. The molecular weight excluding hydrogens is 194 g/mol. The average molecular weight is 209 g/mol. The summed E-state index contributed by atoms with van der Waals surface area (Å²) in [7, 11) is 1.23. The highest BCUT2D eigenvalue weighted by Crippen LogP contribution is 1.83. The van der Waals surface area contributed by atoms with Crippen LogP contribution in [0.1, 0.15) is 13.8 Å². The first-order valence-electron chi connectivity index (χ1n) is 4.43. The molecule has 0 amide bonds. The summed E-state index contributed by atoms with van der Waals surface area (Å²) in [6.07, 6.45) is -0.795. The molecule has 0 bridgehead atoms. The Balaban J connectivity index is 0.000000280. The number of ether oxygens (including phenoxy) is 1. The van der Waals surface area contributed by atoms with E-state index in [0.29, 0.717) is 5.71 Å². The molecule has 1 aromatic carbocycles. The molecule has 4 heteroatoms. The molecule has 0 N–H and O–H groups in total. The molecule has 0 heterocycles. The predicted octanol–water partition coefficient (Wildman–Crippen LogP) is 2.85. The molecule has 0 aromatic heterocycles. The van der Waals surface area contributed by atoms with E-state index in [0.717, 1.165) is 0 Å². The summed E-state index contributed by atoms with van der Waals surface area (Å²) in [5.41, 5.74) is 0.667. The molecule has 15 heavy (non-hydrogen) atoms. The van der Waals surface area contributed by atoms with Gasteiger partial charge in [0.15, 0.2) is 0 Å². The Morgan fingerprint density at radius 3 is 1.67 bits per heavy atom. The highest BCUT2D eigenvalue weighted by atomic mass is 16.8. The number of hydrogen-bond acceptors (Lipinski definition) is 4. The number of nitrogens with zero attached hydrogens (tertiary/aromatic N) is 1. The fraction of sp³-hybridized carbons (Fsp3) is 0.273. The maximum absolute atomic E-state index is 10.2. The van der Waals surface area contributed by atoms with Crippen molar-refractivity contribution in [1.29, 1.82) is 0 Å². The number of benzene rings is 1. The first-order valence-corrected chi connectivity index (χ1v) is 4.43. The quantitative estimate of drug-likeness (QED) is 0.309. The Morgan fingerprint density at radius 2 is 1.40 bits per heavy atom. The van der Waals surface area contributed by atoms with E-state index >= 15 is 0 Å². The van der Waals surface area contributed by atoms with E-state index in [4.69, 9.17) is 0 Å². The van der Waals surface area contributed by atoms with Gasteiger partial charge in [-0.15, -0.1) is 0 Å². The Hall–Kier alpha value is -1.84. The molecule has 0 aliphatic rings. The molecule has 1 aromatic rings. The standard InChI is InChI=1S/C6H6.C5H9NO3/c1-2-4-6-5-3-1;1-4(2)6-9-5(7)8-3/h1-6H;1-3H3. The van der Waals surface area contributed by atoms with Gasteiger partial charge >= 0.3 is 6.16 Å². The molecule has 0 saturated heterocycles. The van der Waals surface area contributed by atoms with Gasteiger partial charge in [-0.3, -0.25) is 4.84 Å². The summed E-state index contributed by atoms with van der Waals surface area (Å²) in [6.45, 7) is 3.42. The lowest BCUT2D eigenvalue weighted by molar-refractivity contribution is 0.0752. The largest absolute Gasteiger partial charge is 0.534 e. The van der Waals surface area contributed by atoms with Crippen LogP contribution in [0.2, 0.25) is 0 Å². The third-order valence-corrected chi connectivity index (χ3v) is 1.14. The van der Waals surface area contributed by atoms with Crippen LogP contribution in [0.3, 0.4) is 0 Å². The van der Waals surface area contributed by atoms with Crippen molar-refractivity contribution in [2.75, 3.05) is 7.11 Å². The van der Waals surface area contributed by atoms with Gasteiger partial charge in [0, 0.05) is 0 Å². The smallest absolute Gasteiger partial charge is 0.436 e. The van der Waals surface area contributed by atoms with Crippen LogP contribution < -0.4 is 0 Å². The molecule has 0 atom stereocenters. The molecule has 0 saturated carbocycles. The lowest BCUT2D eigenvalue weighted by Gasteiger charge is -1.92. The van der Waals surface area contributed by atoms with Crippen molar-refractivity contribution in [3.05, 3.63) is 36.4 Å². The van der Waals surface area contributed by atoms with E-state index in [-0.39, 0.29) is 0 Å². The molecule has 0 aliphatic carbocycles. The van der Waals surface area contributed by atoms with Gasteiger partial charge < -0.3 is 4.74 Å². The fourth-order valence-electron chi connectivity index (χ4n) is 0.551. The number of rotatable bonds is 1. The minimum Gasteiger partial charge on any atom is -0.436 e. The van der Waals surface area contributed by atoms with E-state index < -0.39 is 6.16 Å². The topological polar surface area (TPSA) is 47.9 Å². The van der Waals surface area contributed by atoms with Gasteiger partial charge in [0.2, 0.25) is 0 Å². The third kappa shape index (κ3) is 10.1. The van der Waals surface area contributed by atoms with Crippen molar-refractivity contribution in [2.24, 2.45) is 5.16 Å². The zero-order valence-electron chi connectivity index (χ0n) is 9.14. The van der Waals surface area contributed by atoms with Gasteiger partial charge in [0.05, 0.1) is 12.8 Å². The van der Waals surface area contributed by atoms with Gasteiger partial charge in [-0.1, -0.05) is 41.6 Å². The summed E-state index contributed by atoms with van der Waals surface area (Å²) in [5.74, 6) is 0. The zero-order valence-corrected chi connectivity index (χ0v) is 9.14. The van der Waals surface area contributed by atoms with Crippen LogP contribution in [0.5, 0.6) is 0 Å². The summed E-state index contributed by atoms with van der Waals surface area (Å²) in [5, 5.41) is 3.34. The van der Waals surface area contributed by atoms with Crippen LogP contribution >= 0.6 is 0 Å². The second kappa shape index (κ2) is 8.74. The Morgan fingerprint density at radius 1 is 1.00 bits per heavy atom. The minimum atomic E-state index is -0.795. The highest BCUT2D eigenvalue weighted by Gasteiger charge is 1.95. The molecule has 0 fully saturated rings. The van der Waals surface area contributed by atoms with Crippen molar-refractivity contribution in [3.63, 3.8) is 0 Å². The summed E-state index contributed by atoms with van der Waals surface area (Å²) in [6, 6.07) is 12.0. The van der Waals surface area contributed by atoms with Gasteiger partial charge in [-0.2, -0.15) is 0 Å². The van der Waals surface area contributed by atoms with Crippen LogP contribution in [0.4, 0.5) is 4.79 Å². The Kier molecular flexibility index (Phi) is 7.67. The van der Waals surface area contributed by atoms with Crippen LogP contribution in [0.25, 0.3) is 0 Å². The maximum Gasteiger partial charge on any atom is 0.534 e. The highest BCUT2D eigenvalue weighted by molar-refractivity contribution is 5.79. The van der Waals surface area contributed by atoms with Gasteiger partial charge in [0.25, 0.3) is 0 Å². The van der Waals surface area contributed by atoms with Gasteiger partial charge in [-0.25, -0.2) is 4.79 Å². The molecule has 0 unspecified atom stereocenters. The Bertz CT molecular complexity index is 265. The van der Waals surface area contributed by atoms with Crippen molar-refractivity contribution in [3.8, 4) is 0 Å². The first-order chi connectivity index (χ1) is 7.16. The minimum absolute atomic E-state index is 0.667. The Labute approximate surface area is 89.5 Å². The van der Waals surface area contributed by atoms with Crippen LogP contribution in [0.15, 0.2) is 41.6 Å². The summed E-state index contributed by atoms with van der Waals surface area (Å²) >= 11 is 0. The molecule has 82 valence electrons. The lowest BCUT2D eigenvalue weighted by Crippen LogP contribution is -1.99. The summed E-state index contributed by atoms with van der Waals surface area (Å²) < 4.78 is 4.13. The number of hydrogen-bond donors (Lipinski definition) is 0. The average Bonchev–Trinajstić information content (AvgIpc) is 2.29. The number of methoxy groups -OCH3 is 1. The number of carbonyl (C=O) groups is 1. The van der Waals surface area contributed by atoms with Crippen molar-refractivity contribution >= 4 is 11.9 Å². The molecular formula is C11H15NO3. The molecule has 4 nitrogen and oxygen atoms in total. The first kappa shape index (κ1) is 13.2. The second-order valence-electron chi connectivity index (χ2n) is 2.74. The second-order valence-corrected chi connectivity index (χ2v) is 2.74. The van der Waals surface area contributed by atoms with Crippen LogP contribution in [-0.4, -0.2) is 19.0 Å². The molecule has 0 radical (unpaired) electrons. The predicted molar refractivity (Wildman–Crippen MR) is 58.7 cm³/mol. The maximum atomic E-state index is 10.2. The lowest BCUT2D eigenvalue weighted by atomic mass is 10.4. The molecule has 0 spiro atoms. The van der Waals surface area contributed by atoms with Gasteiger partial charge in [0.1, 0.15) is 0 Å². The van der Waals surface area contributed by atoms with E-state index in [1.165, 1.54) is 7.11 Å². The zero-order chi connectivity index (χ0) is 11.5. The monoisotopic (exact) mass is 209 g/mol. The molecule has 1 rings (SSSR count).